The highest BCUT2D eigenvalue weighted by Gasteiger charge is 2.24. The van der Waals surface area contributed by atoms with E-state index in [4.69, 9.17) is 0 Å². The van der Waals surface area contributed by atoms with Crippen LogP contribution in [0, 0.1) is 5.41 Å². The molecule has 0 aliphatic heterocycles. The normalized spacial score (nSPS) is 11.5. The van der Waals surface area contributed by atoms with Gasteiger partial charge in [0, 0.05) is 24.3 Å². The highest BCUT2D eigenvalue weighted by Crippen LogP contribution is 2.16. The molecule has 0 bridgehead atoms. The summed E-state index contributed by atoms with van der Waals surface area (Å²) in [5.74, 6) is 0.233. The minimum atomic E-state index is -0.246. The monoisotopic (exact) mass is 263 g/mol. The predicted octanol–water partition coefficient (Wildman–Crippen LogP) is 3.06. The minimum Gasteiger partial charge on any atom is -0.345 e. The summed E-state index contributed by atoms with van der Waals surface area (Å²) in [6.07, 6.45) is 3.48. The van der Waals surface area contributed by atoms with E-state index in [1.165, 1.54) is 12.8 Å². The Morgan fingerprint density at radius 2 is 1.79 bits per heavy atom. The lowest BCUT2D eigenvalue weighted by atomic mass is 9.95. The maximum absolute atomic E-state index is 11.7. The summed E-state index contributed by atoms with van der Waals surface area (Å²) < 4.78 is 0. The second-order valence-electron chi connectivity index (χ2n) is 4.73. The van der Waals surface area contributed by atoms with E-state index in [9.17, 15) is 4.79 Å². The van der Waals surface area contributed by atoms with Crippen LogP contribution in [0.5, 0.6) is 0 Å². The zero-order valence-corrected chi connectivity index (χ0v) is 11.4. The van der Waals surface area contributed by atoms with Gasteiger partial charge in [-0.05, 0) is 12.8 Å². The fourth-order valence-corrected chi connectivity index (χ4v) is 1.69. The molecule has 0 heterocycles. The summed E-state index contributed by atoms with van der Waals surface area (Å²) in [5.41, 5.74) is -0.246. The lowest BCUT2D eigenvalue weighted by Crippen LogP contribution is -2.37. The van der Waals surface area contributed by atoms with Crippen LogP contribution in [0.2, 0.25) is 0 Å². The average Bonchev–Trinajstić information content (AvgIpc) is 2.09. The lowest BCUT2D eigenvalue weighted by molar-refractivity contribution is -0.138. The van der Waals surface area contributed by atoms with E-state index in [0.717, 1.165) is 18.3 Å². The number of halogens is 1. The fraction of sp³-hybridized carbons (Fsp3) is 0.909. The van der Waals surface area contributed by atoms with Gasteiger partial charge in [-0.2, -0.15) is 0 Å². The predicted molar refractivity (Wildman–Crippen MR) is 64.7 cm³/mol. The molecule has 0 aliphatic rings. The third-order valence-corrected chi connectivity index (χ3v) is 2.68. The molecule has 0 radical (unpaired) electrons. The van der Waals surface area contributed by atoms with Gasteiger partial charge in [0.1, 0.15) is 0 Å². The second-order valence-corrected chi connectivity index (χ2v) is 5.52. The number of hydrogen-bond acceptors (Lipinski definition) is 1. The highest BCUT2D eigenvalue weighted by atomic mass is 79.9. The van der Waals surface area contributed by atoms with Gasteiger partial charge < -0.3 is 4.90 Å². The van der Waals surface area contributed by atoms with Gasteiger partial charge in [-0.1, -0.05) is 43.1 Å². The van der Waals surface area contributed by atoms with Gasteiger partial charge in [-0.15, -0.1) is 0 Å². The molecule has 84 valence electrons. The molecule has 0 aromatic carbocycles. The molecule has 0 rings (SSSR count). The smallest absolute Gasteiger partial charge is 0.227 e. The van der Waals surface area contributed by atoms with Crippen molar-refractivity contribution in [3.63, 3.8) is 0 Å². The standard InChI is InChI=1S/C11H22BrNO/c1-11(2,3)10(14)13(4)9-7-5-6-8-12/h5-9H2,1-4H3. The van der Waals surface area contributed by atoms with E-state index >= 15 is 0 Å². The van der Waals surface area contributed by atoms with Gasteiger partial charge in [-0.25, -0.2) is 0 Å². The third-order valence-electron chi connectivity index (χ3n) is 2.12. The Labute approximate surface area is 96.2 Å². The number of unbranched alkanes of at least 4 members (excludes halogenated alkanes) is 2. The molecule has 0 saturated carbocycles. The summed E-state index contributed by atoms with van der Waals surface area (Å²) >= 11 is 3.40. The molecular weight excluding hydrogens is 242 g/mol. The lowest BCUT2D eigenvalue weighted by Gasteiger charge is -2.25. The van der Waals surface area contributed by atoms with Crippen LogP contribution in [0.25, 0.3) is 0 Å². The van der Waals surface area contributed by atoms with E-state index in [2.05, 4.69) is 15.9 Å². The molecular formula is C11H22BrNO. The van der Waals surface area contributed by atoms with Gasteiger partial charge >= 0.3 is 0 Å². The third kappa shape index (κ3) is 5.63. The average molecular weight is 264 g/mol. The van der Waals surface area contributed by atoms with Crippen LogP contribution in [-0.4, -0.2) is 29.7 Å². The fourth-order valence-electron chi connectivity index (χ4n) is 1.29. The van der Waals surface area contributed by atoms with Gasteiger partial charge in [0.15, 0.2) is 0 Å². The Balaban J connectivity index is 3.74. The first-order chi connectivity index (χ1) is 6.39. The summed E-state index contributed by atoms with van der Waals surface area (Å²) in [5, 5.41) is 1.06. The van der Waals surface area contributed by atoms with Gasteiger partial charge in [-0.3, -0.25) is 4.79 Å². The zero-order chi connectivity index (χ0) is 11.2. The van der Waals surface area contributed by atoms with Crippen LogP contribution in [0.15, 0.2) is 0 Å². The van der Waals surface area contributed by atoms with Crippen molar-refractivity contribution in [1.29, 1.82) is 0 Å². The van der Waals surface area contributed by atoms with Crippen molar-refractivity contribution >= 4 is 21.8 Å². The number of carbonyl (C=O) groups is 1. The van der Waals surface area contributed by atoms with Crippen LogP contribution in [0.3, 0.4) is 0 Å². The summed E-state index contributed by atoms with van der Waals surface area (Å²) in [6.45, 7) is 6.77. The van der Waals surface area contributed by atoms with Gasteiger partial charge in [0.25, 0.3) is 0 Å². The van der Waals surface area contributed by atoms with Crippen LogP contribution in [0.4, 0.5) is 0 Å². The minimum absolute atomic E-state index is 0.233. The maximum Gasteiger partial charge on any atom is 0.227 e. The van der Waals surface area contributed by atoms with Crippen LogP contribution in [-0.2, 0) is 4.79 Å². The highest BCUT2D eigenvalue weighted by molar-refractivity contribution is 9.09. The molecule has 0 aliphatic carbocycles. The van der Waals surface area contributed by atoms with E-state index in [1.54, 1.807) is 0 Å². The molecule has 0 aromatic heterocycles. The number of rotatable bonds is 5. The molecule has 2 nitrogen and oxygen atoms in total. The first-order valence-electron chi connectivity index (χ1n) is 5.21. The zero-order valence-electron chi connectivity index (χ0n) is 9.77. The number of nitrogens with zero attached hydrogens (tertiary/aromatic N) is 1. The van der Waals surface area contributed by atoms with Crippen LogP contribution < -0.4 is 0 Å². The molecule has 0 atom stereocenters. The Morgan fingerprint density at radius 3 is 2.21 bits per heavy atom. The van der Waals surface area contributed by atoms with Crippen molar-refractivity contribution < 1.29 is 4.79 Å². The molecule has 0 fully saturated rings. The Hall–Kier alpha value is -0.0500. The molecule has 0 spiro atoms. The van der Waals surface area contributed by atoms with Crippen LogP contribution >= 0.6 is 15.9 Å². The van der Waals surface area contributed by atoms with E-state index in [1.807, 2.05) is 32.7 Å². The Morgan fingerprint density at radius 1 is 1.21 bits per heavy atom. The summed E-state index contributed by atoms with van der Waals surface area (Å²) in [4.78, 5) is 13.6. The number of carbonyl (C=O) groups excluding carboxylic acids is 1. The molecule has 1 amide bonds. The van der Waals surface area contributed by atoms with Crippen molar-refractivity contribution in [3.05, 3.63) is 0 Å². The van der Waals surface area contributed by atoms with E-state index in [0.29, 0.717) is 0 Å². The molecule has 0 aromatic rings. The second kappa shape index (κ2) is 6.44. The molecule has 14 heavy (non-hydrogen) atoms. The SMILES string of the molecule is CN(CCCCCBr)C(=O)C(C)(C)C. The molecule has 0 saturated heterocycles. The largest absolute Gasteiger partial charge is 0.345 e. The van der Waals surface area contributed by atoms with Crippen molar-refractivity contribution in [2.24, 2.45) is 5.41 Å². The first kappa shape index (κ1) is 13.9. The quantitative estimate of drug-likeness (QED) is 0.552. The summed E-state index contributed by atoms with van der Waals surface area (Å²) in [6, 6.07) is 0. The summed E-state index contributed by atoms with van der Waals surface area (Å²) in [7, 11) is 1.89. The maximum atomic E-state index is 11.7. The number of amides is 1. The van der Waals surface area contributed by atoms with Crippen molar-refractivity contribution in [1.82, 2.24) is 4.90 Å². The van der Waals surface area contributed by atoms with Gasteiger partial charge in [0.2, 0.25) is 5.91 Å². The van der Waals surface area contributed by atoms with Crippen molar-refractivity contribution in [3.8, 4) is 0 Å². The van der Waals surface area contributed by atoms with E-state index < -0.39 is 0 Å². The molecule has 0 unspecified atom stereocenters. The Kier molecular flexibility index (Phi) is 6.41. The molecule has 3 heteroatoms. The van der Waals surface area contributed by atoms with E-state index in [-0.39, 0.29) is 11.3 Å². The Bertz CT molecular complexity index is 175. The van der Waals surface area contributed by atoms with Crippen LogP contribution in [0.1, 0.15) is 40.0 Å². The van der Waals surface area contributed by atoms with Crippen molar-refractivity contribution in [2.45, 2.75) is 40.0 Å². The number of alkyl halides is 1. The van der Waals surface area contributed by atoms with Crippen molar-refractivity contribution in [2.75, 3.05) is 18.9 Å². The number of hydrogen-bond donors (Lipinski definition) is 0. The van der Waals surface area contributed by atoms with Gasteiger partial charge in [0.05, 0.1) is 0 Å². The molecule has 0 N–H and O–H groups in total. The first-order valence-corrected chi connectivity index (χ1v) is 6.33. The topological polar surface area (TPSA) is 20.3 Å².